The first-order chi connectivity index (χ1) is 10.5. The first-order valence-electron chi connectivity index (χ1n) is 7.48. The van der Waals surface area contributed by atoms with Crippen LogP contribution in [0.3, 0.4) is 0 Å². The first-order valence-corrected chi connectivity index (χ1v) is 7.48. The van der Waals surface area contributed by atoms with Gasteiger partial charge in [0.2, 0.25) is 5.91 Å². The van der Waals surface area contributed by atoms with E-state index in [4.69, 9.17) is 4.74 Å². The highest BCUT2D eigenvalue weighted by atomic mass is 19.1. The zero-order valence-electron chi connectivity index (χ0n) is 13.4. The Bertz CT molecular complexity index is 550. The molecule has 1 aliphatic rings. The van der Waals surface area contributed by atoms with Crippen LogP contribution >= 0.6 is 0 Å². The van der Waals surface area contributed by atoms with Crippen LogP contribution in [0.2, 0.25) is 0 Å². The molecule has 22 heavy (non-hydrogen) atoms. The van der Waals surface area contributed by atoms with Gasteiger partial charge in [-0.3, -0.25) is 4.79 Å². The van der Waals surface area contributed by atoms with Gasteiger partial charge in [-0.15, -0.1) is 0 Å². The van der Waals surface area contributed by atoms with Crippen LogP contribution in [0.4, 0.5) is 4.39 Å². The van der Waals surface area contributed by atoms with Gasteiger partial charge in [0.25, 0.3) is 0 Å². The third-order valence-electron chi connectivity index (χ3n) is 4.10. The Labute approximate surface area is 131 Å². The van der Waals surface area contributed by atoms with Gasteiger partial charge in [0.05, 0.1) is 7.11 Å². The Morgan fingerprint density at radius 3 is 2.59 bits per heavy atom. The number of nitrogens with zero attached hydrogens (tertiary/aromatic N) is 2. The highest BCUT2D eigenvalue weighted by Gasteiger charge is 2.22. The molecular weight excluding hydrogens is 283 g/mol. The Morgan fingerprint density at radius 1 is 1.36 bits per heavy atom. The van der Waals surface area contributed by atoms with Crippen LogP contribution in [0.15, 0.2) is 24.3 Å². The third-order valence-corrected chi connectivity index (χ3v) is 4.10. The average molecular weight is 306 g/mol. The summed E-state index contributed by atoms with van der Waals surface area (Å²) in [6.07, 6.45) is 5.13. The molecular formula is C17H23FN2O2. The van der Waals surface area contributed by atoms with Gasteiger partial charge >= 0.3 is 0 Å². The molecule has 1 fully saturated rings. The molecule has 4 nitrogen and oxygen atoms in total. The van der Waals surface area contributed by atoms with Gasteiger partial charge in [0.1, 0.15) is 0 Å². The lowest BCUT2D eigenvalue weighted by molar-refractivity contribution is -0.127. The van der Waals surface area contributed by atoms with E-state index in [1.807, 2.05) is 4.90 Å². The lowest BCUT2D eigenvalue weighted by atomic mass is 10.0. The average Bonchev–Trinajstić information content (AvgIpc) is 2.52. The molecule has 5 heteroatoms. The predicted octanol–water partition coefficient (Wildman–Crippen LogP) is 2.40. The number of halogens is 1. The molecule has 1 aliphatic heterocycles. The number of hydrogen-bond acceptors (Lipinski definition) is 3. The number of ether oxygens (including phenoxy) is 1. The molecule has 0 atom stereocenters. The molecule has 1 aromatic rings. The molecule has 0 radical (unpaired) electrons. The van der Waals surface area contributed by atoms with E-state index in [9.17, 15) is 9.18 Å². The van der Waals surface area contributed by atoms with Crippen molar-refractivity contribution in [2.24, 2.45) is 0 Å². The maximum atomic E-state index is 13.6. The summed E-state index contributed by atoms with van der Waals surface area (Å²) in [7, 11) is 5.56. The summed E-state index contributed by atoms with van der Waals surface area (Å²) in [5.41, 5.74) is 0.648. The number of benzene rings is 1. The van der Waals surface area contributed by atoms with Crippen LogP contribution in [0.25, 0.3) is 6.08 Å². The number of carbonyl (C=O) groups is 1. The highest BCUT2D eigenvalue weighted by molar-refractivity contribution is 5.91. The summed E-state index contributed by atoms with van der Waals surface area (Å²) < 4.78 is 18.5. The number of likely N-dealkylation sites (tertiary alicyclic amines) is 1. The van der Waals surface area contributed by atoms with E-state index < -0.39 is 5.82 Å². The summed E-state index contributed by atoms with van der Waals surface area (Å²) in [5.74, 6) is -0.244. The maximum absolute atomic E-state index is 13.6. The van der Waals surface area contributed by atoms with Crippen LogP contribution in [0.5, 0.6) is 5.75 Å². The Balaban J connectivity index is 1.93. The molecule has 0 aromatic heterocycles. The molecule has 0 N–H and O–H groups in total. The topological polar surface area (TPSA) is 32.8 Å². The fraction of sp³-hybridized carbons (Fsp3) is 0.471. The number of rotatable bonds is 4. The summed E-state index contributed by atoms with van der Waals surface area (Å²) in [6.45, 7) is 1.53. The van der Waals surface area contributed by atoms with Gasteiger partial charge in [-0.05, 0) is 50.7 Å². The van der Waals surface area contributed by atoms with Crippen molar-refractivity contribution in [2.45, 2.75) is 18.9 Å². The largest absolute Gasteiger partial charge is 0.494 e. The summed E-state index contributed by atoms with van der Waals surface area (Å²) in [5, 5.41) is 0. The van der Waals surface area contributed by atoms with Gasteiger partial charge in [-0.1, -0.05) is 6.07 Å². The van der Waals surface area contributed by atoms with Gasteiger partial charge in [0.15, 0.2) is 11.6 Å². The molecule has 1 saturated heterocycles. The zero-order chi connectivity index (χ0) is 16.1. The standard InChI is InChI=1S/C17H23FN2O2/c1-19(2)14-8-10-20(11-9-14)17(21)7-5-13-4-6-16(22-3)15(18)12-13/h4-7,12,14H,8-11H2,1-3H3. The van der Waals surface area contributed by atoms with Gasteiger partial charge in [-0.25, -0.2) is 4.39 Å². The summed E-state index contributed by atoms with van der Waals surface area (Å²) >= 11 is 0. The second kappa shape index (κ2) is 7.40. The molecule has 0 saturated carbocycles. The van der Waals surface area contributed by atoms with E-state index in [0.29, 0.717) is 11.6 Å². The van der Waals surface area contributed by atoms with E-state index in [-0.39, 0.29) is 11.7 Å². The van der Waals surface area contributed by atoms with Crippen LogP contribution in [0.1, 0.15) is 18.4 Å². The van der Waals surface area contributed by atoms with Crippen LogP contribution in [-0.4, -0.2) is 56.0 Å². The van der Waals surface area contributed by atoms with Crippen molar-refractivity contribution in [1.82, 2.24) is 9.80 Å². The molecule has 120 valence electrons. The molecule has 0 unspecified atom stereocenters. The Hall–Kier alpha value is -1.88. The summed E-state index contributed by atoms with van der Waals surface area (Å²) in [4.78, 5) is 16.2. The van der Waals surface area contributed by atoms with Crippen LogP contribution < -0.4 is 4.74 Å². The van der Waals surface area contributed by atoms with Crippen molar-refractivity contribution in [1.29, 1.82) is 0 Å². The Morgan fingerprint density at radius 2 is 2.05 bits per heavy atom. The van der Waals surface area contributed by atoms with E-state index >= 15 is 0 Å². The molecule has 1 heterocycles. The lowest BCUT2D eigenvalue weighted by Crippen LogP contribution is -2.43. The minimum absolute atomic E-state index is 0.0200. The SMILES string of the molecule is COc1ccc(C=CC(=O)N2CCC(N(C)C)CC2)cc1F. The first kappa shape index (κ1) is 16.5. The fourth-order valence-corrected chi connectivity index (χ4v) is 2.66. The number of carbonyl (C=O) groups excluding carboxylic acids is 1. The van der Waals surface area contributed by atoms with Crippen molar-refractivity contribution in [3.8, 4) is 5.75 Å². The Kier molecular flexibility index (Phi) is 5.55. The van der Waals surface area contributed by atoms with Crippen molar-refractivity contribution in [3.05, 3.63) is 35.7 Å². The minimum atomic E-state index is -0.427. The van der Waals surface area contributed by atoms with E-state index in [2.05, 4.69) is 19.0 Å². The van der Waals surface area contributed by atoms with Gasteiger partial charge < -0.3 is 14.5 Å². The van der Waals surface area contributed by atoms with Gasteiger partial charge in [-0.2, -0.15) is 0 Å². The monoisotopic (exact) mass is 306 g/mol. The number of amides is 1. The van der Waals surface area contributed by atoms with Crippen molar-refractivity contribution < 1.29 is 13.9 Å². The minimum Gasteiger partial charge on any atom is -0.494 e. The number of hydrogen-bond donors (Lipinski definition) is 0. The quantitative estimate of drug-likeness (QED) is 0.801. The van der Waals surface area contributed by atoms with E-state index in [0.717, 1.165) is 25.9 Å². The molecule has 2 rings (SSSR count). The van der Waals surface area contributed by atoms with Crippen LogP contribution in [0, 0.1) is 5.82 Å². The molecule has 0 spiro atoms. The smallest absolute Gasteiger partial charge is 0.246 e. The molecule has 1 aromatic carbocycles. The van der Waals surface area contributed by atoms with E-state index in [1.54, 1.807) is 18.2 Å². The van der Waals surface area contributed by atoms with Crippen molar-refractivity contribution in [2.75, 3.05) is 34.3 Å². The zero-order valence-corrected chi connectivity index (χ0v) is 13.4. The number of methoxy groups -OCH3 is 1. The molecule has 0 aliphatic carbocycles. The van der Waals surface area contributed by atoms with Crippen molar-refractivity contribution in [3.63, 3.8) is 0 Å². The second-order valence-electron chi connectivity index (χ2n) is 5.75. The number of piperidine rings is 1. The third kappa shape index (κ3) is 4.07. The lowest BCUT2D eigenvalue weighted by Gasteiger charge is -2.34. The molecule has 0 bridgehead atoms. The second-order valence-corrected chi connectivity index (χ2v) is 5.75. The van der Waals surface area contributed by atoms with Crippen LogP contribution in [-0.2, 0) is 4.79 Å². The predicted molar refractivity (Wildman–Crippen MR) is 85.3 cm³/mol. The van der Waals surface area contributed by atoms with Gasteiger partial charge in [0, 0.05) is 25.2 Å². The molecule has 1 amide bonds. The highest BCUT2D eigenvalue weighted by Crippen LogP contribution is 2.19. The maximum Gasteiger partial charge on any atom is 0.246 e. The fourth-order valence-electron chi connectivity index (χ4n) is 2.66. The summed E-state index contributed by atoms with van der Waals surface area (Å²) in [6, 6.07) is 5.19. The van der Waals surface area contributed by atoms with E-state index in [1.165, 1.54) is 19.3 Å². The van der Waals surface area contributed by atoms with Crippen molar-refractivity contribution >= 4 is 12.0 Å². The normalized spacial score (nSPS) is 16.5.